The van der Waals surface area contributed by atoms with Crippen molar-refractivity contribution in [1.29, 1.82) is 0 Å². The second-order valence-electron chi connectivity index (χ2n) is 3.79. The van der Waals surface area contributed by atoms with E-state index in [4.69, 9.17) is 9.47 Å². The van der Waals surface area contributed by atoms with Crippen molar-refractivity contribution in [3.8, 4) is 0 Å². The molecule has 3 heteroatoms. The van der Waals surface area contributed by atoms with Crippen LogP contribution >= 0.6 is 0 Å². The Hall–Kier alpha value is -0.120. The van der Waals surface area contributed by atoms with Gasteiger partial charge in [0.05, 0.1) is 19.8 Å². The minimum absolute atomic E-state index is 0.0457. The predicted octanol–water partition coefficient (Wildman–Crippen LogP) is 0.891. The van der Waals surface area contributed by atoms with Gasteiger partial charge >= 0.3 is 0 Å². The summed E-state index contributed by atoms with van der Waals surface area (Å²) >= 11 is 0. The molecule has 0 aromatic carbocycles. The van der Waals surface area contributed by atoms with Crippen LogP contribution in [0.3, 0.4) is 0 Å². The lowest BCUT2D eigenvalue weighted by molar-refractivity contribution is -0.156. The van der Waals surface area contributed by atoms with E-state index in [0.29, 0.717) is 6.04 Å². The van der Waals surface area contributed by atoms with Crippen LogP contribution in [0.2, 0.25) is 0 Å². The highest BCUT2D eigenvalue weighted by Gasteiger charge is 2.36. The highest BCUT2D eigenvalue weighted by molar-refractivity contribution is 4.86. The van der Waals surface area contributed by atoms with Gasteiger partial charge in [0.2, 0.25) is 0 Å². The molecule has 2 rings (SSSR count). The van der Waals surface area contributed by atoms with Gasteiger partial charge in [-0.2, -0.15) is 0 Å². The first-order valence-corrected chi connectivity index (χ1v) is 4.80. The van der Waals surface area contributed by atoms with Crippen molar-refractivity contribution in [3.05, 3.63) is 0 Å². The van der Waals surface area contributed by atoms with Gasteiger partial charge in [-0.3, -0.25) is 5.32 Å². The molecule has 1 unspecified atom stereocenters. The van der Waals surface area contributed by atoms with Gasteiger partial charge in [0.15, 0.2) is 0 Å². The molecule has 0 radical (unpaired) electrons. The molecule has 0 aromatic rings. The Kier molecular flexibility index (Phi) is 2.35. The summed E-state index contributed by atoms with van der Waals surface area (Å²) in [6.45, 7) is 4.79. The molecule has 3 nitrogen and oxygen atoms in total. The molecular weight excluding hydrogens is 154 g/mol. The summed E-state index contributed by atoms with van der Waals surface area (Å²) in [6, 6.07) is 0.594. The quantitative estimate of drug-likeness (QED) is 0.587. The lowest BCUT2D eigenvalue weighted by Gasteiger charge is -2.43. The van der Waals surface area contributed by atoms with Crippen LogP contribution in [0.1, 0.15) is 26.2 Å². The third kappa shape index (κ3) is 1.63. The normalized spacial score (nSPS) is 35.2. The Balaban J connectivity index is 1.97. The fraction of sp³-hybridized carbons (Fsp3) is 1.00. The Labute approximate surface area is 73.4 Å². The highest BCUT2D eigenvalue weighted by Crippen LogP contribution is 2.26. The molecular formula is C9H17NO2. The SMILES string of the molecule is CC1CCOC2(CCOCC2)N1. The average molecular weight is 171 g/mol. The van der Waals surface area contributed by atoms with E-state index in [0.717, 1.165) is 39.1 Å². The van der Waals surface area contributed by atoms with Crippen LogP contribution in [0, 0.1) is 0 Å². The van der Waals surface area contributed by atoms with Crippen molar-refractivity contribution in [1.82, 2.24) is 5.32 Å². The van der Waals surface area contributed by atoms with Gasteiger partial charge in [-0.1, -0.05) is 0 Å². The second-order valence-corrected chi connectivity index (χ2v) is 3.79. The summed E-state index contributed by atoms with van der Waals surface area (Å²) in [5.74, 6) is 0. The van der Waals surface area contributed by atoms with Gasteiger partial charge in [-0.25, -0.2) is 0 Å². The largest absolute Gasteiger partial charge is 0.381 e. The van der Waals surface area contributed by atoms with Crippen molar-refractivity contribution in [3.63, 3.8) is 0 Å². The van der Waals surface area contributed by atoms with Crippen molar-refractivity contribution >= 4 is 0 Å². The van der Waals surface area contributed by atoms with Gasteiger partial charge in [-0.15, -0.1) is 0 Å². The van der Waals surface area contributed by atoms with Crippen LogP contribution in [0.5, 0.6) is 0 Å². The molecule has 12 heavy (non-hydrogen) atoms. The number of hydrogen-bond donors (Lipinski definition) is 1. The van der Waals surface area contributed by atoms with Crippen molar-refractivity contribution in [2.75, 3.05) is 19.8 Å². The zero-order valence-electron chi connectivity index (χ0n) is 7.64. The summed E-state index contributed by atoms with van der Waals surface area (Å²) in [6.07, 6.45) is 3.12. The summed E-state index contributed by atoms with van der Waals surface area (Å²) in [5, 5.41) is 3.53. The predicted molar refractivity (Wildman–Crippen MR) is 46.0 cm³/mol. The van der Waals surface area contributed by atoms with E-state index in [1.165, 1.54) is 0 Å². The molecule has 1 atom stereocenters. The average Bonchev–Trinajstić information content (AvgIpc) is 2.05. The Morgan fingerprint density at radius 2 is 2.00 bits per heavy atom. The maximum atomic E-state index is 5.79. The molecule has 2 fully saturated rings. The summed E-state index contributed by atoms with van der Waals surface area (Å²) in [5.41, 5.74) is -0.0457. The molecule has 0 aromatic heterocycles. The molecule has 2 saturated heterocycles. The summed E-state index contributed by atoms with van der Waals surface area (Å²) in [4.78, 5) is 0. The van der Waals surface area contributed by atoms with E-state index in [1.54, 1.807) is 0 Å². The Morgan fingerprint density at radius 3 is 2.67 bits per heavy atom. The first-order valence-electron chi connectivity index (χ1n) is 4.80. The molecule has 2 heterocycles. The van der Waals surface area contributed by atoms with Gasteiger partial charge in [0.1, 0.15) is 5.72 Å². The molecule has 0 bridgehead atoms. The van der Waals surface area contributed by atoms with E-state index >= 15 is 0 Å². The number of ether oxygens (including phenoxy) is 2. The maximum absolute atomic E-state index is 5.79. The second kappa shape index (κ2) is 3.32. The van der Waals surface area contributed by atoms with Gasteiger partial charge < -0.3 is 9.47 Å². The lowest BCUT2D eigenvalue weighted by atomic mass is 10.00. The van der Waals surface area contributed by atoms with Gasteiger partial charge in [-0.05, 0) is 13.3 Å². The van der Waals surface area contributed by atoms with Crippen molar-refractivity contribution in [2.45, 2.75) is 38.0 Å². The molecule has 1 N–H and O–H groups in total. The smallest absolute Gasteiger partial charge is 0.123 e. The standard InChI is InChI=1S/C9H17NO2/c1-8-2-5-12-9(10-8)3-6-11-7-4-9/h8,10H,2-7H2,1H3. The van der Waals surface area contributed by atoms with E-state index in [2.05, 4.69) is 12.2 Å². The third-order valence-electron chi connectivity index (χ3n) is 2.74. The number of rotatable bonds is 0. The van der Waals surface area contributed by atoms with Crippen molar-refractivity contribution in [2.24, 2.45) is 0 Å². The number of nitrogens with one attached hydrogen (secondary N) is 1. The third-order valence-corrected chi connectivity index (χ3v) is 2.74. The molecule has 1 spiro atoms. The fourth-order valence-electron chi connectivity index (χ4n) is 1.98. The molecule has 0 amide bonds. The van der Waals surface area contributed by atoms with Gasteiger partial charge in [0.25, 0.3) is 0 Å². The first-order chi connectivity index (χ1) is 5.81. The van der Waals surface area contributed by atoms with Crippen LogP contribution in [0.4, 0.5) is 0 Å². The van der Waals surface area contributed by atoms with Crippen LogP contribution in [0.15, 0.2) is 0 Å². The number of hydrogen-bond acceptors (Lipinski definition) is 3. The molecule has 0 aliphatic carbocycles. The van der Waals surface area contributed by atoms with Crippen LogP contribution in [0.25, 0.3) is 0 Å². The lowest BCUT2D eigenvalue weighted by Crippen LogP contribution is -2.58. The van der Waals surface area contributed by atoms with Crippen LogP contribution in [-0.4, -0.2) is 31.6 Å². The zero-order valence-corrected chi connectivity index (χ0v) is 7.64. The minimum Gasteiger partial charge on any atom is -0.381 e. The van der Waals surface area contributed by atoms with Crippen LogP contribution < -0.4 is 5.32 Å². The van der Waals surface area contributed by atoms with E-state index in [-0.39, 0.29) is 5.72 Å². The summed E-state index contributed by atoms with van der Waals surface area (Å²) in [7, 11) is 0. The highest BCUT2D eigenvalue weighted by atomic mass is 16.5. The minimum atomic E-state index is -0.0457. The van der Waals surface area contributed by atoms with Gasteiger partial charge in [0, 0.05) is 18.9 Å². The summed E-state index contributed by atoms with van der Waals surface area (Å²) < 4.78 is 11.1. The molecule has 0 saturated carbocycles. The fourth-order valence-corrected chi connectivity index (χ4v) is 1.98. The van der Waals surface area contributed by atoms with E-state index < -0.39 is 0 Å². The topological polar surface area (TPSA) is 30.5 Å². The zero-order chi connectivity index (χ0) is 8.44. The Bertz CT molecular complexity index is 149. The van der Waals surface area contributed by atoms with E-state index in [1.807, 2.05) is 0 Å². The molecule has 2 aliphatic rings. The van der Waals surface area contributed by atoms with Crippen molar-refractivity contribution < 1.29 is 9.47 Å². The van der Waals surface area contributed by atoms with E-state index in [9.17, 15) is 0 Å². The monoisotopic (exact) mass is 171 g/mol. The van der Waals surface area contributed by atoms with Crippen LogP contribution in [-0.2, 0) is 9.47 Å². The first kappa shape index (κ1) is 8.48. The molecule has 70 valence electrons. The maximum Gasteiger partial charge on any atom is 0.123 e. The Morgan fingerprint density at radius 1 is 1.25 bits per heavy atom. The molecule has 2 aliphatic heterocycles.